The van der Waals surface area contributed by atoms with Gasteiger partial charge in [-0.25, -0.2) is 4.99 Å². The van der Waals surface area contributed by atoms with Crippen LogP contribution >= 0.6 is 11.8 Å². The van der Waals surface area contributed by atoms with Gasteiger partial charge >= 0.3 is 0 Å². The van der Waals surface area contributed by atoms with E-state index in [0.29, 0.717) is 5.37 Å². The van der Waals surface area contributed by atoms with Crippen molar-refractivity contribution in [1.82, 2.24) is 0 Å². The van der Waals surface area contributed by atoms with Crippen LogP contribution in [0.5, 0.6) is 0 Å². The number of hydrogen-bond acceptors (Lipinski definition) is 3. The molecule has 1 aliphatic rings. The zero-order chi connectivity index (χ0) is 6.85. The molecule has 0 amide bonds. The van der Waals surface area contributed by atoms with E-state index in [1.807, 2.05) is 13.8 Å². The minimum absolute atomic E-state index is 0.363. The van der Waals surface area contributed by atoms with E-state index in [2.05, 4.69) is 16.9 Å². The Kier molecular flexibility index (Phi) is 1.90. The van der Waals surface area contributed by atoms with E-state index in [1.165, 1.54) is 0 Å². The molecule has 1 aliphatic heterocycles. The van der Waals surface area contributed by atoms with Crippen molar-refractivity contribution in [3.05, 3.63) is 0 Å². The first-order chi connectivity index (χ1) is 4.18. The van der Waals surface area contributed by atoms with Crippen LogP contribution in [0.25, 0.3) is 0 Å². The number of amidine groups is 1. The summed E-state index contributed by atoms with van der Waals surface area (Å²) in [7, 11) is 0. The van der Waals surface area contributed by atoms with Crippen molar-refractivity contribution in [1.29, 1.82) is 0 Å². The molecule has 50 valence electrons. The molecule has 0 bridgehead atoms. The predicted octanol–water partition coefficient (Wildman–Crippen LogP) is 1.92. The maximum absolute atomic E-state index is 4.23. The molecule has 3 heteroatoms. The van der Waals surface area contributed by atoms with Crippen LogP contribution < -0.4 is 0 Å². The second-order valence-corrected chi connectivity index (χ2v) is 3.53. The second kappa shape index (κ2) is 2.52. The molecule has 2 nitrogen and oxygen atoms in total. The van der Waals surface area contributed by atoms with E-state index >= 15 is 0 Å². The summed E-state index contributed by atoms with van der Waals surface area (Å²) in [6.45, 7) is 6.02. The topological polar surface area (TPSA) is 24.7 Å². The van der Waals surface area contributed by atoms with Crippen LogP contribution in [0.2, 0.25) is 0 Å². The zero-order valence-electron chi connectivity index (χ0n) is 5.88. The Morgan fingerprint density at radius 1 is 1.44 bits per heavy atom. The molecule has 0 aliphatic carbocycles. The molecule has 0 saturated carbocycles. The summed E-state index contributed by atoms with van der Waals surface area (Å²) in [6.07, 6.45) is 0. The maximum atomic E-state index is 4.23. The first-order valence-corrected chi connectivity index (χ1v) is 3.83. The van der Waals surface area contributed by atoms with Crippen molar-refractivity contribution in [2.75, 3.05) is 0 Å². The van der Waals surface area contributed by atoms with Crippen LogP contribution in [0.4, 0.5) is 0 Å². The number of thioether (sulfide) groups is 1. The fourth-order valence-electron chi connectivity index (χ4n) is 0.819. The van der Waals surface area contributed by atoms with Crippen LogP contribution in [0.15, 0.2) is 9.98 Å². The van der Waals surface area contributed by atoms with E-state index in [9.17, 15) is 0 Å². The van der Waals surface area contributed by atoms with Gasteiger partial charge in [-0.15, -0.1) is 0 Å². The summed E-state index contributed by atoms with van der Waals surface area (Å²) < 4.78 is 0. The van der Waals surface area contributed by atoms with Crippen LogP contribution in [0, 0.1) is 0 Å². The van der Waals surface area contributed by atoms with E-state index in [-0.39, 0.29) is 0 Å². The van der Waals surface area contributed by atoms with Gasteiger partial charge in [0.05, 0.1) is 5.04 Å². The minimum Gasteiger partial charge on any atom is -0.256 e. The molecule has 1 heterocycles. The highest BCUT2D eigenvalue weighted by Gasteiger charge is 2.07. The Labute approximate surface area is 59.5 Å². The van der Waals surface area contributed by atoms with E-state index in [1.54, 1.807) is 11.8 Å². The molecule has 9 heavy (non-hydrogen) atoms. The average Bonchev–Trinajstić information content (AvgIpc) is 1.59. The Balaban J connectivity index is 2.74. The van der Waals surface area contributed by atoms with Crippen molar-refractivity contribution in [2.24, 2.45) is 9.98 Å². The SMILES string of the molecule is CC1=NC(C)SC(C)=N1. The molecule has 0 aromatic heterocycles. The zero-order valence-corrected chi connectivity index (χ0v) is 6.70. The van der Waals surface area contributed by atoms with Gasteiger partial charge in [-0.2, -0.15) is 0 Å². The lowest BCUT2D eigenvalue weighted by Crippen LogP contribution is -2.06. The van der Waals surface area contributed by atoms with Crippen molar-refractivity contribution in [3.63, 3.8) is 0 Å². The van der Waals surface area contributed by atoms with Gasteiger partial charge in [-0.3, -0.25) is 4.99 Å². The van der Waals surface area contributed by atoms with Crippen molar-refractivity contribution in [2.45, 2.75) is 26.1 Å². The largest absolute Gasteiger partial charge is 0.256 e. The molecule has 0 aromatic carbocycles. The van der Waals surface area contributed by atoms with Crippen LogP contribution in [0.3, 0.4) is 0 Å². The van der Waals surface area contributed by atoms with E-state index in [4.69, 9.17) is 0 Å². The van der Waals surface area contributed by atoms with E-state index in [0.717, 1.165) is 10.9 Å². The first-order valence-electron chi connectivity index (χ1n) is 2.95. The molecule has 0 radical (unpaired) electrons. The van der Waals surface area contributed by atoms with Gasteiger partial charge < -0.3 is 0 Å². The number of hydrogen-bond donors (Lipinski definition) is 0. The molecule has 0 aromatic rings. The Bertz CT molecular complexity index is 172. The summed E-state index contributed by atoms with van der Waals surface area (Å²) in [6, 6.07) is 0. The third-order valence-electron chi connectivity index (χ3n) is 1.03. The van der Waals surface area contributed by atoms with Gasteiger partial charge in [0, 0.05) is 0 Å². The van der Waals surface area contributed by atoms with Crippen LogP contribution in [-0.2, 0) is 0 Å². The number of rotatable bonds is 0. The van der Waals surface area contributed by atoms with E-state index < -0.39 is 0 Å². The van der Waals surface area contributed by atoms with Gasteiger partial charge in [-0.1, -0.05) is 11.8 Å². The molecule has 0 N–H and O–H groups in total. The monoisotopic (exact) mass is 142 g/mol. The van der Waals surface area contributed by atoms with Crippen molar-refractivity contribution < 1.29 is 0 Å². The lowest BCUT2D eigenvalue weighted by molar-refractivity contribution is 1.04. The van der Waals surface area contributed by atoms with Crippen molar-refractivity contribution >= 4 is 22.6 Å². The van der Waals surface area contributed by atoms with Gasteiger partial charge in [0.15, 0.2) is 0 Å². The summed E-state index contributed by atoms with van der Waals surface area (Å²) in [5, 5.41) is 1.48. The number of aliphatic imine (C=N–C) groups is 2. The van der Waals surface area contributed by atoms with Gasteiger partial charge in [0.2, 0.25) is 0 Å². The lowest BCUT2D eigenvalue weighted by Gasteiger charge is -2.10. The van der Waals surface area contributed by atoms with Crippen molar-refractivity contribution in [3.8, 4) is 0 Å². The highest BCUT2D eigenvalue weighted by atomic mass is 32.2. The van der Waals surface area contributed by atoms with Gasteiger partial charge in [0.25, 0.3) is 0 Å². The minimum atomic E-state index is 0.363. The highest BCUT2D eigenvalue weighted by molar-refractivity contribution is 8.14. The maximum Gasteiger partial charge on any atom is 0.122 e. The average molecular weight is 142 g/mol. The third-order valence-corrected chi connectivity index (χ3v) is 1.91. The standard InChI is InChI=1S/C6H10N2S/c1-4-7-5(2)9-6(3)8-4/h5H,1-3H3. The molecular weight excluding hydrogens is 132 g/mol. The van der Waals surface area contributed by atoms with Gasteiger partial charge in [0.1, 0.15) is 11.2 Å². The quantitative estimate of drug-likeness (QED) is 0.507. The lowest BCUT2D eigenvalue weighted by atomic mass is 10.6. The molecule has 0 fully saturated rings. The molecule has 1 unspecified atom stereocenters. The summed E-state index contributed by atoms with van der Waals surface area (Å²) in [5.41, 5.74) is 0. The Morgan fingerprint density at radius 2 is 2.11 bits per heavy atom. The highest BCUT2D eigenvalue weighted by Crippen LogP contribution is 2.18. The summed E-state index contributed by atoms with van der Waals surface area (Å²) >= 11 is 1.71. The molecule has 1 rings (SSSR count). The fraction of sp³-hybridized carbons (Fsp3) is 0.667. The van der Waals surface area contributed by atoms with Gasteiger partial charge in [-0.05, 0) is 20.8 Å². The first kappa shape index (κ1) is 6.81. The summed E-state index contributed by atoms with van der Waals surface area (Å²) in [5.74, 6) is 0.902. The third kappa shape index (κ3) is 1.82. The molecular formula is C6H10N2S. The normalized spacial score (nSPS) is 27.2. The molecule has 0 spiro atoms. The van der Waals surface area contributed by atoms with Crippen LogP contribution in [0.1, 0.15) is 20.8 Å². The second-order valence-electron chi connectivity index (χ2n) is 2.02. The Morgan fingerprint density at radius 3 is 2.56 bits per heavy atom. The predicted molar refractivity (Wildman–Crippen MR) is 43.3 cm³/mol. The fourth-order valence-corrected chi connectivity index (χ4v) is 1.70. The number of nitrogens with zero attached hydrogens (tertiary/aromatic N) is 2. The summed E-state index contributed by atoms with van der Waals surface area (Å²) in [4.78, 5) is 8.39. The van der Waals surface area contributed by atoms with Crippen LogP contribution in [-0.4, -0.2) is 16.3 Å². The molecule has 1 atom stereocenters. The molecule has 0 saturated heterocycles. The smallest absolute Gasteiger partial charge is 0.122 e. The Hall–Kier alpha value is -0.310.